The minimum atomic E-state index is -0.307. The first-order valence-corrected chi connectivity index (χ1v) is 9.23. The summed E-state index contributed by atoms with van der Waals surface area (Å²) in [6.45, 7) is 0.319. The second-order valence-corrected chi connectivity index (χ2v) is 6.87. The van der Waals surface area contributed by atoms with Crippen molar-refractivity contribution in [2.45, 2.75) is 19.0 Å². The molecule has 1 heterocycles. The Bertz CT molecular complexity index is 993. The quantitative estimate of drug-likeness (QED) is 0.469. The van der Waals surface area contributed by atoms with Crippen LogP contribution in [0.4, 0.5) is 4.39 Å². The van der Waals surface area contributed by atoms with Crippen LogP contribution in [0.3, 0.4) is 0 Å². The molecule has 0 saturated heterocycles. The van der Waals surface area contributed by atoms with Crippen LogP contribution in [0.2, 0.25) is 5.02 Å². The average molecular weight is 380 g/mol. The summed E-state index contributed by atoms with van der Waals surface area (Å²) < 4.78 is 14.1. The maximum absolute atomic E-state index is 14.1. The highest BCUT2D eigenvalue weighted by Gasteiger charge is 2.18. The summed E-state index contributed by atoms with van der Waals surface area (Å²) in [4.78, 5) is 8.10. The molecule has 136 valence electrons. The smallest absolute Gasteiger partial charge is 0.129 e. The number of halogens is 2. The summed E-state index contributed by atoms with van der Waals surface area (Å²) in [7, 11) is 0. The molecule has 0 aliphatic heterocycles. The molecule has 0 radical (unpaired) electrons. The second kappa shape index (κ2) is 7.91. The normalized spacial score (nSPS) is 12.4. The zero-order chi connectivity index (χ0) is 18.6. The number of aromatic amines is 1. The van der Waals surface area contributed by atoms with Gasteiger partial charge in [0.15, 0.2) is 0 Å². The number of nitrogens with one attached hydrogen (secondary N) is 2. The molecule has 1 atom stereocenters. The van der Waals surface area contributed by atoms with Crippen LogP contribution >= 0.6 is 11.6 Å². The third kappa shape index (κ3) is 4.02. The van der Waals surface area contributed by atoms with E-state index in [1.807, 2.05) is 42.5 Å². The van der Waals surface area contributed by atoms with Gasteiger partial charge in [0.2, 0.25) is 0 Å². The largest absolute Gasteiger partial charge is 0.341 e. The Kier molecular flexibility index (Phi) is 5.19. The molecule has 1 aromatic heterocycles. The Morgan fingerprint density at radius 3 is 2.52 bits per heavy atom. The van der Waals surface area contributed by atoms with E-state index in [1.54, 1.807) is 12.1 Å². The minimum absolute atomic E-state index is 0.101. The molecular weight excluding hydrogens is 361 g/mol. The lowest BCUT2D eigenvalue weighted by atomic mass is 10.0. The molecule has 0 fully saturated rings. The van der Waals surface area contributed by atoms with E-state index in [-0.39, 0.29) is 11.9 Å². The van der Waals surface area contributed by atoms with E-state index in [0.717, 1.165) is 23.3 Å². The van der Waals surface area contributed by atoms with Gasteiger partial charge in [-0.1, -0.05) is 60.1 Å². The first-order chi connectivity index (χ1) is 13.2. The number of hydrogen-bond donors (Lipinski definition) is 2. The van der Waals surface area contributed by atoms with Crippen LogP contribution in [0.5, 0.6) is 0 Å². The van der Waals surface area contributed by atoms with Crippen LogP contribution < -0.4 is 5.32 Å². The van der Waals surface area contributed by atoms with Gasteiger partial charge in [-0.3, -0.25) is 0 Å². The zero-order valence-corrected chi connectivity index (χ0v) is 15.4. The van der Waals surface area contributed by atoms with E-state index >= 15 is 0 Å². The SMILES string of the molecule is Fc1cccc(Cl)c1CN[C@@H](Cc1ccccc1)c1nc2ccccc2[nH]1. The molecule has 4 rings (SSSR count). The summed E-state index contributed by atoms with van der Waals surface area (Å²) in [6.07, 6.45) is 0.729. The van der Waals surface area contributed by atoms with Crippen molar-refractivity contribution in [2.75, 3.05) is 0 Å². The number of hydrogen-bond acceptors (Lipinski definition) is 2. The van der Waals surface area contributed by atoms with E-state index in [2.05, 4.69) is 22.4 Å². The molecule has 3 nitrogen and oxygen atoms in total. The summed E-state index contributed by atoms with van der Waals surface area (Å²) in [5.74, 6) is 0.519. The Balaban J connectivity index is 1.63. The molecule has 0 amide bonds. The van der Waals surface area contributed by atoms with Crippen LogP contribution in [-0.2, 0) is 13.0 Å². The molecule has 2 N–H and O–H groups in total. The molecule has 0 spiro atoms. The third-order valence-corrected chi connectivity index (χ3v) is 4.96. The number of imidazole rings is 1. The fourth-order valence-electron chi connectivity index (χ4n) is 3.18. The third-order valence-electron chi connectivity index (χ3n) is 4.61. The number of fused-ring (bicyclic) bond motifs is 1. The number of para-hydroxylation sites is 2. The van der Waals surface area contributed by atoms with Crippen LogP contribution in [0.15, 0.2) is 72.8 Å². The lowest BCUT2D eigenvalue weighted by molar-refractivity contribution is 0.497. The molecule has 0 aliphatic carbocycles. The van der Waals surface area contributed by atoms with E-state index in [9.17, 15) is 4.39 Å². The van der Waals surface area contributed by atoms with Crippen molar-refractivity contribution in [1.29, 1.82) is 0 Å². The van der Waals surface area contributed by atoms with Crippen molar-refractivity contribution in [3.05, 3.63) is 101 Å². The fourth-order valence-corrected chi connectivity index (χ4v) is 3.41. The maximum atomic E-state index is 14.1. The van der Waals surface area contributed by atoms with Crippen molar-refractivity contribution >= 4 is 22.6 Å². The maximum Gasteiger partial charge on any atom is 0.129 e. The monoisotopic (exact) mass is 379 g/mol. The number of nitrogens with zero attached hydrogens (tertiary/aromatic N) is 1. The topological polar surface area (TPSA) is 40.7 Å². The zero-order valence-electron chi connectivity index (χ0n) is 14.6. The van der Waals surface area contributed by atoms with E-state index in [4.69, 9.17) is 16.6 Å². The van der Waals surface area contributed by atoms with E-state index in [1.165, 1.54) is 11.6 Å². The van der Waals surface area contributed by atoms with Gasteiger partial charge in [0, 0.05) is 17.1 Å². The van der Waals surface area contributed by atoms with Crippen molar-refractivity contribution in [2.24, 2.45) is 0 Å². The van der Waals surface area contributed by atoms with Gasteiger partial charge in [-0.15, -0.1) is 0 Å². The molecule has 4 aromatic rings. The standard InChI is InChI=1S/C22H19ClFN3/c23-17-9-6-10-18(24)16(17)14-25-21(13-15-7-2-1-3-8-15)22-26-19-11-4-5-12-20(19)27-22/h1-12,21,25H,13-14H2,(H,26,27)/t21-/m0/s1. The summed E-state index contributed by atoms with van der Waals surface area (Å²) >= 11 is 6.18. The van der Waals surface area contributed by atoms with Gasteiger partial charge in [-0.05, 0) is 36.2 Å². The highest BCUT2D eigenvalue weighted by Crippen LogP contribution is 2.23. The summed E-state index contributed by atoms with van der Waals surface area (Å²) in [5, 5.41) is 3.85. The highest BCUT2D eigenvalue weighted by atomic mass is 35.5. The van der Waals surface area contributed by atoms with Crippen molar-refractivity contribution in [3.63, 3.8) is 0 Å². The van der Waals surface area contributed by atoms with Gasteiger partial charge in [-0.25, -0.2) is 9.37 Å². The molecule has 0 unspecified atom stereocenters. The van der Waals surface area contributed by atoms with Crippen molar-refractivity contribution in [3.8, 4) is 0 Å². The minimum Gasteiger partial charge on any atom is -0.341 e. The summed E-state index contributed by atoms with van der Waals surface area (Å²) in [6, 6.07) is 22.7. The van der Waals surface area contributed by atoms with Crippen molar-refractivity contribution in [1.82, 2.24) is 15.3 Å². The van der Waals surface area contributed by atoms with Gasteiger partial charge >= 0.3 is 0 Å². The fraction of sp³-hybridized carbons (Fsp3) is 0.136. The molecule has 0 bridgehead atoms. The Labute approximate surface area is 162 Å². The number of aromatic nitrogens is 2. The van der Waals surface area contributed by atoms with Crippen LogP contribution in [0, 0.1) is 5.82 Å². The lowest BCUT2D eigenvalue weighted by Gasteiger charge is -2.18. The molecule has 3 aromatic carbocycles. The predicted molar refractivity (Wildman–Crippen MR) is 107 cm³/mol. The Morgan fingerprint density at radius 1 is 0.963 bits per heavy atom. The average Bonchev–Trinajstić information content (AvgIpc) is 3.11. The van der Waals surface area contributed by atoms with E-state index < -0.39 is 0 Å². The van der Waals surface area contributed by atoms with Crippen LogP contribution in [0.1, 0.15) is 23.0 Å². The van der Waals surface area contributed by atoms with E-state index in [0.29, 0.717) is 17.1 Å². The first kappa shape index (κ1) is 17.7. The predicted octanol–water partition coefficient (Wildman–Crippen LogP) is 5.43. The number of rotatable bonds is 6. The Morgan fingerprint density at radius 2 is 1.74 bits per heavy atom. The molecule has 27 heavy (non-hydrogen) atoms. The molecule has 0 saturated carbocycles. The van der Waals surface area contributed by atoms with Gasteiger partial charge in [0.05, 0.1) is 17.1 Å². The van der Waals surface area contributed by atoms with Crippen molar-refractivity contribution < 1.29 is 4.39 Å². The highest BCUT2D eigenvalue weighted by molar-refractivity contribution is 6.31. The summed E-state index contributed by atoms with van der Waals surface area (Å²) in [5.41, 5.74) is 3.54. The second-order valence-electron chi connectivity index (χ2n) is 6.46. The van der Waals surface area contributed by atoms with Gasteiger partial charge in [0.25, 0.3) is 0 Å². The van der Waals surface area contributed by atoms with Crippen LogP contribution in [0.25, 0.3) is 11.0 Å². The Hall–Kier alpha value is -2.69. The first-order valence-electron chi connectivity index (χ1n) is 8.85. The molecule has 0 aliphatic rings. The van der Waals surface area contributed by atoms with Gasteiger partial charge < -0.3 is 10.3 Å². The van der Waals surface area contributed by atoms with Gasteiger partial charge in [-0.2, -0.15) is 0 Å². The lowest BCUT2D eigenvalue weighted by Crippen LogP contribution is -2.24. The van der Waals surface area contributed by atoms with Crippen LogP contribution in [-0.4, -0.2) is 9.97 Å². The number of benzene rings is 3. The van der Waals surface area contributed by atoms with Gasteiger partial charge in [0.1, 0.15) is 11.6 Å². The number of H-pyrrole nitrogens is 1. The molecule has 5 heteroatoms. The molecular formula is C22H19ClFN3.